The Labute approximate surface area is 165 Å². The van der Waals surface area contributed by atoms with Crippen LogP contribution in [0.4, 0.5) is 4.39 Å². The molecular weight excluding hydrogens is 391 g/mol. The molecule has 0 spiro atoms. The molecule has 146 valence electrons. The summed E-state index contributed by atoms with van der Waals surface area (Å²) in [6.45, 7) is 0.505. The van der Waals surface area contributed by atoms with Gasteiger partial charge in [-0.05, 0) is 48.0 Å². The van der Waals surface area contributed by atoms with E-state index in [1.807, 2.05) is 0 Å². The van der Waals surface area contributed by atoms with E-state index in [9.17, 15) is 14.0 Å². The zero-order valence-electron chi connectivity index (χ0n) is 14.5. The van der Waals surface area contributed by atoms with Gasteiger partial charge in [0.25, 0.3) is 11.8 Å². The first kappa shape index (κ1) is 19.5. The summed E-state index contributed by atoms with van der Waals surface area (Å²) < 4.78 is 28.8. The largest absolute Gasteiger partial charge is 0.486 e. The molecule has 0 radical (unpaired) electrons. The van der Waals surface area contributed by atoms with Crippen LogP contribution in [-0.2, 0) is 9.59 Å². The lowest BCUT2D eigenvalue weighted by atomic mass is 10.1. The van der Waals surface area contributed by atoms with Crippen LogP contribution >= 0.6 is 11.6 Å². The lowest BCUT2D eigenvalue weighted by Gasteiger charge is -2.19. The van der Waals surface area contributed by atoms with E-state index in [1.54, 1.807) is 12.1 Å². The molecule has 0 unspecified atom stereocenters. The molecule has 0 atom stereocenters. The molecule has 3 rings (SSSR count). The molecule has 0 saturated heterocycles. The summed E-state index contributed by atoms with van der Waals surface area (Å²) in [5.41, 5.74) is 5.06. The summed E-state index contributed by atoms with van der Waals surface area (Å²) in [5, 5.41) is 0.378. The van der Waals surface area contributed by atoms with E-state index in [-0.39, 0.29) is 6.61 Å². The minimum Gasteiger partial charge on any atom is -0.486 e. The fourth-order valence-corrected chi connectivity index (χ4v) is 2.56. The van der Waals surface area contributed by atoms with Gasteiger partial charge >= 0.3 is 0 Å². The van der Waals surface area contributed by atoms with Gasteiger partial charge in [-0.25, -0.2) is 4.39 Å². The van der Waals surface area contributed by atoms with Gasteiger partial charge in [-0.2, -0.15) is 0 Å². The highest BCUT2D eigenvalue weighted by atomic mass is 35.5. The quantitative estimate of drug-likeness (QED) is 0.588. The summed E-state index contributed by atoms with van der Waals surface area (Å²) in [7, 11) is 0. The van der Waals surface area contributed by atoms with Gasteiger partial charge < -0.3 is 14.2 Å². The highest BCUT2D eigenvalue weighted by molar-refractivity contribution is 6.32. The number of carbonyl (C=O) groups excluding carboxylic acids is 2. The molecule has 2 aromatic rings. The maximum atomic E-state index is 12.8. The van der Waals surface area contributed by atoms with Crippen LogP contribution < -0.4 is 25.1 Å². The lowest BCUT2D eigenvalue weighted by Crippen LogP contribution is -2.43. The monoisotopic (exact) mass is 406 g/mol. The van der Waals surface area contributed by atoms with Crippen LogP contribution in [-0.4, -0.2) is 31.6 Å². The Morgan fingerprint density at radius 1 is 1.14 bits per heavy atom. The van der Waals surface area contributed by atoms with Gasteiger partial charge in [-0.15, -0.1) is 0 Å². The Morgan fingerprint density at radius 2 is 1.89 bits per heavy atom. The fraction of sp³-hybridized carbons (Fsp3) is 0.158. The van der Waals surface area contributed by atoms with Gasteiger partial charge in [0.1, 0.15) is 24.8 Å². The van der Waals surface area contributed by atoms with E-state index < -0.39 is 17.6 Å². The number of ether oxygens (including phenoxy) is 3. The molecule has 28 heavy (non-hydrogen) atoms. The number of fused-ring (bicyclic) bond motifs is 1. The van der Waals surface area contributed by atoms with Crippen molar-refractivity contribution in [2.24, 2.45) is 0 Å². The Bertz CT molecular complexity index is 902. The van der Waals surface area contributed by atoms with Gasteiger partial charge in [0.2, 0.25) is 0 Å². The van der Waals surface area contributed by atoms with Crippen LogP contribution in [0.1, 0.15) is 5.56 Å². The number of benzene rings is 2. The predicted molar refractivity (Wildman–Crippen MR) is 99.7 cm³/mol. The van der Waals surface area contributed by atoms with Crippen LogP contribution in [0.2, 0.25) is 5.02 Å². The van der Waals surface area contributed by atoms with E-state index in [0.717, 1.165) is 0 Å². The number of hydrogen-bond acceptors (Lipinski definition) is 5. The second kappa shape index (κ2) is 9.09. The SMILES string of the molecule is O=C(/C=C/c1cc(Cl)c2c(c1)OCCO2)NNC(=O)COc1ccc(F)cc1. The van der Waals surface area contributed by atoms with Crippen molar-refractivity contribution in [1.82, 2.24) is 10.9 Å². The van der Waals surface area contributed by atoms with E-state index in [4.69, 9.17) is 25.8 Å². The van der Waals surface area contributed by atoms with Crippen molar-refractivity contribution in [1.29, 1.82) is 0 Å². The van der Waals surface area contributed by atoms with Crippen molar-refractivity contribution in [3.05, 3.63) is 58.9 Å². The predicted octanol–water partition coefficient (Wildman–Crippen LogP) is 2.49. The van der Waals surface area contributed by atoms with Crippen molar-refractivity contribution in [2.45, 2.75) is 0 Å². The highest BCUT2D eigenvalue weighted by Crippen LogP contribution is 2.38. The normalized spacial score (nSPS) is 12.5. The minimum absolute atomic E-state index is 0.332. The number of hydrogen-bond donors (Lipinski definition) is 2. The zero-order chi connectivity index (χ0) is 19.9. The number of carbonyl (C=O) groups is 2. The van der Waals surface area contributed by atoms with Crippen molar-refractivity contribution in [3.63, 3.8) is 0 Å². The standard InChI is InChI=1S/C19H16ClFN2O5/c20-15-9-12(10-16-19(15)27-8-7-26-16)1-6-17(24)22-23-18(25)11-28-14-4-2-13(21)3-5-14/h1-6,9-10H,7-8,11H2,(H,22,24)(H,23,25)/b6-1+. The van der Waals surface area contributed by atoms with Crippen molar-refractivity contribution < 1.29 is 28.2 Å². The second-order valence-corrected chi connectivity index (χ2v) is 6.05. The Hall–Kier alpha value is -3.26. The number of amides is 2. The molecule has 0 aromatic heterocycles. The van der Waals surface area contributed by atoms with Gasteiger partial charge in [0.15, 0.2) is 18.1 Å². The molecule has 9 heteroatoms. The second-order valence-electron chi connectivity index (χ2n) is 5.64. The van der Waals surface area contributed by atoms with Crippen LogP contribution in [0.25, 0.3) is 6.08 Å². The number of halogens is 2. The molecule has 1 heterocycles. The molecule has 2 aromatic carbocycles. The van der Waals surface area contributed by atoms with Crippen LogP contribution in [0.5, 0.6) is 17.2 Å². The molecule has 2 amide bonds. The third-order valence-electron chi connectivity index (χ3n) is 3.56. The van der Waals surface area contributed by atoms with Crippen molar-refractivity contribution in [2.75, 3.05) is 19.8 Å². The summed E-state index contributed by atoms with van der Waals surface area (Å²) in [6, 6.07) is 8.53. The van der Waals surface area contributed by atoms with Gasteiger partial charge in [-0.3, -0.25) is 20.4 Å². The van der Waals surface area contributed by atoms with Gasteiger partial charge in [0, 0.05) is 6.08 Å². The van der Waals surface area contributed by atoms with Crippen LogP contribution in [0, 0.1) is 5.82 Å². The summed E-state index contributed by atoms with van der Waals surface area (Å²) in [5.74, 6) is -0.226. The molecular formula is C19H16ClFN2O5. The van der Waals surface area contributed by atoms with Crippen molar-refractivity contribution >= 4 is 29.5 Å². The van der Waals surface area contributed by atoms with E-state index in [0.29, 0.717) is 41.0 Å². The molecule has 7 nitrogen and oxygen atoms in total. The topological polar surface area (TPSA) is 85.9 Å². The molecule has 2 N–H and O–H groups in total. The summed E-state index contributed by atoms with van der Waals surface area (Å²) in [4.78, 5) is 23.5. The smallest absolute Gasteiger partial charge is 0.276 e. The fourth-order valence-electron chi connectivity index (χ4n) is 2.29. The zero-order valence-corrected chi connectivity index (χ0v) is 15.3. The first-order valence-corrected chi connectivity index (χ1v) is 8.63. The van der Waals surface area contributed by atoms with Gasteiger partial charge in [-0.1, -0.05) is 11.6 Å². The maximum absolute atomic E-state index is 12.8. The average Bonchev–Trinajstić information content (AvgIpc) is 2.70. The Balaban J connectivity index is 1.46. The number of hydrazine groups is 1. The average molecular weight is 407 g/mol. The Kier molecular flexibility index (Phi) is 6.33. The Morgan fingerprint density at radius 3 is 2.68 bits per heavy atom. The molecule has 0 saturated carbocycles. The summed E-state index contributed by atoms with van der Waals surface area (Å²) in [6.07, 6.45) is 2.74. The molecule has 1 aliphatic rings. The van der Waals surface area contributed by atoms with E-state index in [2.05, 4.69) is 10.9 Å². The number of rotatable bonds is 5. The molecule has 0 aliphatic carbocycles. The van der Waals surface area contributed by atoms with Crippen LogP contribution in [0.15, 0.2) is 42.5 Å². The molecule has 0 bridgehead atoms. The minimum atomic E-state index is -0.576. The summed E-state index contributed by atoms with van der Waals surface area (Å²) >= 11 is 6.13. The third-order valence-corrected chi connectivity index (χ3v) is 3.84. The first-order chi connectivity index (χ1) is 13.5. The van der Waals surface area contributed by atoms with E-state index in [1.165, 1.54) is 36.4 Å². The lowest BCUT2D eigenvalue weighted by molar-refractivity contribution is -0.128. The van der Waals surface area contributed by atoms with E-state index >= 15 is 0 Å². The molecule has 0 fully saturated rings. The highest BCUT2D eigenvalue weighted by Gasteiger charge is 2.16. The van der Waals surface area contributed by atoms with Crippen LogP contribution in [0.3, 0.4) is 0 Å². The third kappa shape index (κ3) is 5.37. The van der Waals surface area contributed by atoms with Gasteiger partial charge in [0.05, 0.1) is 5.02 Å². The number of nitrogens with one attached hydrogen (secondary N) is 2. The molecule has 1 aliphatic heterocycles. The maximum Gasteiger partial charge on any atom is 0.276 e. The van der Waals surface area contributed by atoms with Crippen molar-refractivity contribution in [3.8, 4) is 17.2 Å². The first-order valence-electron chi connectivity index (χ1n) is 8.25.